The van der Waals surface area contributed by atoms with Gasteiger partial charge in [-0.2, -0.15) is 0 Å². The van der Waals surface area contributed by atoms with Crippen molar-refractivity contribution >= 4 is 5.97 Å². The van der Waals surface area contributed by atoms with Crippen LogP contribution in [0.3, 0.4) is 0 Å². The second-order valence-corrected chi connectivity index (χ2v) is 4.84. The average Bonchev–Trinajstić information content (AvgIpc) is 2.67. The van der Waals surface area contributed by atoms with Gasteiger partial charge in [-0.15, -0.1) is 0 Å². The van der Waals surface area contributed by atoms with E-state index in [1.165, 1.54) is 5.56 Å². The maximum atomic E-state index is 10.6. The van der Waals surface area contributed by atoms with E-state index < -0.39 is 5.97 Å². The van der Waals surface area contributed by atoms with E-state index in [-0.39, 0.29) is 0 Å². The van der Waals surface area contributed by atoms with Gasteiger partial charge in [0.2, 0.25) is 0 Å². The maximum absolute atomic E-state index is 10.6. The SMILES string of the molecule is Cc1ccoc1CN1CCC(CC(=O)O)CC1. The summed E-state index contributed by atoms with van der Waals surface area (Å²) in [6.45, 7) is 4.84. The van der Waals surface area contributed by atoms with Crippen molar-refractivity contribution in [1.82, 2.24) is 4.90 Å². The molecule has 1 aromatic heterocycles. The number of carbonyl (C=O) groups is 1. The minimum atomic E-state index is -0.676. The van der Waals surface area contributed by atoms with Gasteiger partial charge in [-0.05, 0) is 50.4 Å². The van der Waals surface area contributed by atoms with Crippen LogP contribution >= 0.6 is 0 Å². The van der Waals surface area contributed by atoms with E-state index in [9.17, 15) is 4.79 Å². The lowest BCUT2D eigenvalue weighted by molar-refractivity contribution is -0.138. The standard InChI is InChI=1S/C13H19NO3/c1-10-4-7-17-12(10)9-14-5-2-11(3-6-14)8-13(15)16/h4,7,11H,2-3,5-6,8-9H2,1H3,(H,15,16). The molecule has 1 aliphatic rings. The first-order valence-electron chi connectivity index (χ1n) is 6.12. The summed E-state index contributed by atoms with van der Waals surface area (Å²) >= 11 is 0. The Hall–Kier alpha value is -1.29. The number of hydrogen-bond acceptors (Lipinski definition) is 3. The normalized spacial score (nSPS) is 18.4. The van der Waals surface area contributed by atoms with Crippen LogP contribution in [0.5, 0.6) is 0 Å². The topological polar surface area (TPSA) is 53.7 Å². The summed E-state index contributed by atoms with van der Waals surface area (Å²) in [5.41, 5.74) is 1.19. The Bertz CT molecular complexity index is 378. The van der Waals surface area contributed by atoms with Crippen LogP contribution in [-0.2, 0) is 11.3 Å². The highest BCUT2D eigenvalue weighted by Gasteiger charge is 2.22. The summed E-state index contributed by atoms with van der Waals surface area (Å²) in [5, 5.41) is 8.75. The molecule has 0 saturated carbocycles. The number of carboxylic acid groups (broad SMARTS) is 1. The van der Waals surface area contributed by atoms with Gasteiger partial charge in [-0.1, -0.05) is 0 Å². The summed E-state index contributed by atoms with van der Waals surface area (Å²) < 4.78 is 5.42. The number of hydrogen-bond donors (Lipinski definition) is 1. The fourth-order valence-corrected chi connectivity index (χ4v) is 2.36. The first kappa shape index (κ1) is 12.2. The van der Waals surface area contributed by atoms with E-state index >= 15 is 0 Å². The molecule has 2 heterocycles. The van der Waals surface area contributed by atoms with Crippen molar-refractivity contribution in [1.29, 1.82) is 0 Å². The molecule has 0 amide bonds. The second-order valence-electron chi connectivity index (χ2n) is 4.84. The minimum Gasteiger partial charge on any atom is -0.481 e. The van der Waals surface area contributed by atoms with Crippen LogP contribution in [0.2, 0.25) is 0 Å². The number of aryl methyl sites for hydroxylation is 1. The Morgan fingerprint density at radius 2 is 2.24 bits per heavy atom. The lowest BCUT2D eigenvalue weighted by atomic mass is 9.93. The van der Waals surface area contributed by atoms with Crippen molar-refractivity contribution in [2.75, 3.05) is 13.1 Å². The van der Waals surface area contributed by atoms with Crippen molar-refractivity contribution in [2.45, 2.75) is 32.7 Å². The van der Waals surface area contributed by atoms with Gasteiger partial charge in [0.1, 0.15) is 5.76 Å². The highest BCUT2D eigenvalue weighted by atomic mass is 16.4. The van der Waals surface area contributed by atoms with Crippen LogP contribution in [0.25, 0.3) is 0 Å². The number of likely N-dealkylation sites (tertiary alicyclic amines) is 1. The predicted octanol–water partition coefficient (Wildman–Crippen LogP) is 2.27. The summed E-state index contributed by atoms with van der Waals surface area (Å²) in [4.78, 5) is 13.0. The summed E-state index contributed by atoms with van der Waals surface area (Å²) in [6.07, 6.45) is 3.99. The molecular weight excluding hydrogens is 218 g/mol. The van der Waals surface area contributed by atoms with Crippen LogP contribution in [0.1, 0.15) is 30.6 Å². The molecule has 0 atom stereocenters. The first-order chi connectivity index (χ1) is 8.15. The molecule has 0 unspecified atom stereocenters. The Morgan fingerprint density at radius 3 is 2.76 bits per heavy atom. The van der Waals surface area contributed by atoms with Crippen LogP contribution in [0.4, 0.5) is 0 Å². The van der Waals surface area contributed by atoms with Crippen LogP contribution in [0, 0.1) is 12.8 Å². The number of rotatable bonds is 4. The van der Waals surface area contributed by atoms with Crippen molar-refractivity contribution in [3.05, 3.63) is 23.7 Å². The molecule has 94 valence electrons. The molecule has 1 fully saturated rings. The van der Waals surface area contributed by atoms with Crippen molar-refractivity contribution in [3.63, 3.8) is 0 Å². The third-order valence-corrected chi connectivity index (χ3v) is 3.51. The van der Waals surface area contributed by atoms with Gasteiger partial charge in [0, 0.05) is 6.42 Å². The molecule has 0 aliphatic carbocycles. The zero-order chi connectivity index (χ0) is 12.3. The van der Waals surface area contributed by atoms with E-state index in [4.69, 9.17) is 9.52 Å². The maximum Gasteiger partial charge on any atom is 0.303 e. The van der Waals surface area contributed by atoms with Crippen molar-refractivity contribution in [2.24, 2.45) is 5.92 Å². The minimum absolute atomic E-state index is 0.313. The van der Waals surface area contributed by atoms with Crippen LogP contribution in [0.15, 0.2) is 16.7 Å². The van der Waals surface area contributed by atoms with Crippen LogP contribution < -0.4 is 0 Å². The third kappa shape index (κ3) is 3.33. The number of piperidine rings is 1. The molecule has 1 aromatic rings. The Labute approximate surface area is 101 Å². The van der Waals surface area contributed by atoms with Crippen molar-refractivity contribution < 1.29 is 14.3 Å². The highest BCUT2D eigenvalue weighted by Crippen LogP contribution is 2.22. The fourth-order valence-electron chi connectivity index (χ4n) is 2.36. The molecule has 0 spiro atoms. The predicted molar refractivity (Wildman–Crippen MR) is 63.7 cm³/mol. The first-order valence-corrected chi connectivity index (χ1v) is 6.12. The largest absolute Gasteiger partial charge is 0.481 e. The van der Waals surface area contributed by atoms with Crippen molar-refractivity contribution in [3.8, 4) is 0 Å². The van der Waals surface area contributed by atoms with Gasteiger partial charge >= 0.3 is 5.97 Å². The highest BCUT2D eigenvalue weighted by molar-refractivity contribution is 5.67. The molecule has 0 aromatic carbocycles. The van der Waals surface area contributed by atoms with Gasteiger partial charge in [-0.3, -0.25) is 9.69 Å². The third-order valence-electron chi connectivity index (χ3n) is 3.51. The van der Waals surface area contributed by atoms with E-state index in [1.807, 2.05) is 6.07 Å². The van der Waals surface area contributed by atoms with E-state index in [2.05, 4.69) is 11.8 Å². The van der Waals surface area contributed by atoms with Gasteiger partial charge in [0.25, 0.3) is 0 Å². The number of nitrogens with zero attached hydrogens (tertiary/aromatic N) is 1. The number of furan rings is 1. The Morgan fingerprint density at radius 1 is 1.53 bits per heavy atom. The second kappa shape index (κ2) is 5.36. The van der Waals surface area contributed by atoms with Gasteiger partial charge < -0.3 is 9.52 Å². The lowest BCUT2D eigenvalue weighted by Crippen LogP contribution is -2.33. The molecule has 1 saturated heterocycles. The smallest absolute Gasteiger partial charge is 0.303 e. The van der Waals surface area contributed by atoms with Gasteiger partial charge in [0.15, 0.2) is 0 Å². The molecular formula is C13H19NO3. The molecule has 4 heteroatoms. The Kier molecular flexibility index (Phi) is 3.84. The summed E-state index contributed by atoms with van der Waals surface area (Å²) in [7, 11) is 0. The molecule has 0 radical (unpaired) electrons. The average molecular weight is 237 g/mol. The quantitative estimate of drug-likeness (QED) is 0.872. The molecule has 1 aliphatic heterocycles. The monoisotopic (exact) mass is 237 g/mol. The summed E-state index contributed by atoms with van der Waals surface area (Å²) in [5.74, 6) is 0.702. The molecule has 17 heavy (non-hydrogen) atoms. The molecule has 4 nitrogen and oxygen atoms in total. The van der Waals surface area contributed by atoms with E-state index in [0.29, 0.717) is 12.3 Å². The zero-order valence-electron chi connectivity index (χ0n) is 10.2. The summed E-state index contributed by atoms with van der Waals surface area (Å²) in [6, 6.07) is 1.98. The fraction of sp³-hybridized carbons (Fsp3) is 0.615. The number of carboxylic acids is 1. The number of aliphatic carboxylic acids is 1. The van der Waals surface area contributed by atoms with Gasteiger partial charge in [0.05, 0.1) is 12.8 Å². The zero-order valence-corrected chi connectivity index (χ0v) is 10.2. The lowest BCUT2D eigenvalue weighted by Gasteiger charge is -2.30. The van der Waals surface area contributed by atoms with E-state index in [0.717, 1.165) is 38.2 Å². The van der Waals surface area contributed by atoms with Crippen LogP contribution in [-0.4, -0.2) is 29.1 Å². The van der Waals surface area contributed by atoms with Gasteiger partial charge in [-0.25, -0.2) is 0 Å². The molecule has 1 N–H and O–H groups in total. The Balaban J connectivity index is 1.79. The molecule has 0 bridgehead atoms. The van der Waals surface area contributed by atoms with E-state index in [1.54, 1.807) is 6.26 Å². The molecule has 2 rings (SSSR count).